The lowest BCUT2D eigenvalue weighted by molar-refractivity contribution is -0.148. The Morgan fingerprint density at radius 2 is 2.18 bits per heavy atom. The molecule has 0 saturated carbocycles. The molecule has 1 aliphatic heterocycles. The Morgan fingerprint density at radius 1 is 1.36 bits per heavy atom. The molecule has 4 heteroatoms. The molecule has 0 amide bonds. The number of hydrogen-bond acceptors (Lipinski definition) is 4. The van der Waals surface area contributed by atoms with Crippen LogP contribution in [0.5, 0.6) is 0 Å². The molecule has 0 bridgehead atoms. The first kappa shape index (κ1) is 14.7. The fourth-order valence-electron chi connectivity index (χ4n) is 3.17. The Kier molecular flexibility index (Phi) is 4.18. The minimum absolute atomic E-state index is 0.0404. The molecule has 0 unspecified atom stereocenters. The van der Waals surface area contributed by atoms with Crippen molar-refractivity contribution in [3.8, 4) is 0 Å². The van der Waals surface area contributed by atoms with Gasteiger partial charge in [-0.25, -0.2) is 0 Å². The monoisotopic (exact) mass is 298 g/mol. The Labute approximate surface area is 130 Å². The van der Waals surface area contributed by atoms with Gasteiger partial charge in [0.2, 0.25) is 0 Å². The van der Waals surface area contributed by atoms with Crippen molar-refractivity contribution in [2.75, 3.05) is 30.3 Å². The average Bonchev–Trinajstić information content (AvgIpc) is 2.55. The maximum absolute atomic E-state index is 12.0. The lowest BCUT2D eigenvalue weighted by Gasteiger charge is -2.33. The summed E-state index contributed by atoms with van der Waals surface area (Å²) in [5, 5.41) is 2.21. The Morgan fingerprint density at radius 3 is 3.00 bits per heavy atom. The number of carbonyl (C=O) groups excluding carboxylic acids is 1. The number of rotatable bonds is 3. The van der Waals surface area contributed by atoms with E-state index in [4.69, 9.17) is 10.5 Å². The molecule has 0 aliphatic carbocycles. The summed E-state index contributed by atoms with van der Waals surface area (Å²) in [4.78, 5) is 14.2. The van der Waals surface area contributed by atoms with Gasteiger partial charge in [0.15, 0.2) is 0 Å². The predicted octanol–water partition coefficient (Wildman–Crippen LogP) is 3.20. The van der Waals surface area contributed by atoms with Crippen LogP contribution in [-0.4, -0.2) is 25.7 Å². The van der Waals surface area contributed by atoms with Gasteiger partial charge in [-0.05, 0) is 37.3 Å². The van der Waals surface area contributed by atoms with E-state index in [9.17, 15) is 4.79 Å². The van der Waals surface area contributed by atoms with Crippen LogP contribution in [0.2, 0.25) is 0 Å². The third-order valence-corrected chi connectivity index (χ3v) is 4.29. The highest BCUT2D eigenvalue weighted by atomic mass is 16.5. The Hall–Kier alpha value is -2.23. The standard InChI is InChI=1S/C18H22N2O2/c1-2-22-18(21)14-7-5-9-20(12-14)15-10-13-6-3-4-8-16(13)17(19)11-15/h3-4,6,8,10-11,14H,2,5,7,9,12,19H2,1H3/t14-/m1/s1. The summed E-state index contributed by atoms with van der Waals surface area (Å²) in [7, 11) is 0. The third kappa shape index (κ3) is 2.86. The lowest BCUT2D eigenvalue weighted by atomic mass is 9.97. The van der Waals surface area contributed by atoms with Gasteiger partial charge in [-0.3, -0.25) is 4.79 Å². The topological polar surface area (TPSA) is 55.6 Å². The zero-order valence-corrected chi connectivity index (χ0v) is 12.9. The molecule has 4 nitrogen and oxygen atoms in total. The van der Waals surface area contributed by atoms with Gasteiger partial charge < -0.3 is 15.4 Å². The van der Waals surface area contributed by atoms with Crippen molar-refractivity contribution in [2.24, 2.45) is 5.92 Å². The maximum Gasteiger partial charge on any atom is 0.310 e. The van der Waals surface area contributed by atoms with Gasteiger partial charge in [0.05, 0.1) is 12.5 Å². The first-order valence-corrected chi connectivity index (χ1v) is 7.89. The minimum Gasteiger partial charge on any atom is -0.466 e. The van der Waals surface area contributed by atoms with Crippen molar-refractivity contribution in [2.45, 2.75) is 19.8 Å². The van der Waals surface area contributed by atoms with E-state index in [-0.39, 0.29) is 11.9 Å². The number of carbonyl (C=O) groups is 1. The molecule has 1 aliphatic rings. The molecular weight excluding hydrogens is 276 g/mol. The van der Waals surface area contributed by atoms with Crippen LogP contribution >= 0.6 is 0 Å². The second kappa shape index (κ2) is 6.26. The van der Waals surface area contributed by atoms with Gasteiger partial charge in [0.1, 0.15) is 0 Å². The van der Waals surface area contributed by atoms with Crippen LogP contribution in [0, 0.1) is 5.92 Å². The van der Waals surface area contributed by atoms with Crippen LogP contribution in [0.15, 0.2) is 36.4 Å². The summed E-state index contributed by atoms with van der Waals surface area (Å²) in [6, 6.07) is 12.3. The average molecular weight is 298 g/mol. The van der Waals surface area contributed by atoms with Gasteiger partial charge in [0, 0.05) is 29.9 Å². The summed E-state index contributed by atoms with van der Waals surface area (Å²) in [6.07, 6.45) is 1.90. The van der Waals surface area contributed by atoms with Crippen molar-refractivity contribution >= 4 is 28.1 Å². The van der Waals surface area contributed by atoms with E-state index < -0.39 is 0 Å². The fourth-order valence-corrected chi connectivity index (χ4v) is 3.17. The molecule has 2 aromatic rings. The zero-order valence-electron chi connectivity index (χ0n) is 12.9. The number of nitrogen functional groups attached to an aromatic ring is 1. The van der Waals surface area contributed by atoms with Gasteiger partial charge >= 0.3 is 5.97 Å². The molecular formula is C18H22N2O2. The van der Waals surface area contributed by atoms with Crippen LogP contribution in [0.25, 0.3) is 10.8 Å². The molecule has 2 N–H and O–H groups in total. The van der Waals surface area contributed by atoms with Crippen molar-refractivity contribution in [1.29, 1.82) is 0 Å². The van der Waals surface area contributed by atoms with Crippen molar-refractivity contribution in [1.82, 2.24) is 0 Å². The molecule has 1 atom stereocenters. The number of benzene rings is 2. The van der Waals surface area contributed by atoms with Gasteiger partial charge in [-0.15, -0.1) is 0 Å². The summed E-state index contributed by atoms with van der Waals surface area (Å²) in [5.41, 5.74) is 8.06. The number of piperidine rings is 1. The zero-order chi connectivity index (χ0) is 15.5. The number of fused-ring (bicyclic) bond motifs is 1. The molecule has 2 aromatic carbocycles. The summed E-state index contributed by atoms with van der Waals surface area (Å²) >= 11 is 0. The van der Waals surface area contributed by atoms with Crippen LogP contribution < -0.4 is 10.6 Å². The highest BCUT2D eigenvalue weighted by Gasteiger charge is 2.27. The number of esters is 1. The van der Waals surface area contributed by atoms with E-state index in [1.807, 2.05) is 31.2 Å². The molecule has 116 valence electrons. The third-order valence-electron chi connectivity index (χ3n) is 4.29. The molecule has 1 fully saturated rings. The van der Waals surface area contributed by atoms with E-state index >= 15 is 0 Å². The van der Waals surface area contributed by atoms with E-state index in [1.54, 1.807) is 0 Å². The Bertz CT molecular complexity index is 684. The largest absolute Gasteiger partial charge is 0.466 e. The van der Waals surface area contributed by atoms with E-state index in [1.165, 1.54) is 0 Å². The van der Waals surface area contributed by atoms with Crippen LogP contribution in [-0.2, 0) is 9.53 Å². The molecule has 0 spiro atoms. The van der Waals surface area contributed by atoms with E-state index in [2.05, 4.69) is 17.0 Å². The quantitative estimate of drug-likeness (QED) is 0.698. The summed E-state index contributed by atoms with van der Waals surface area (Å²) in [5.74, 6) is -0.123. The number of nitrogens with two attached hydrogens (primary N) is 1. The highest BCUT2D eigenvalue weighted by molar-refractivity contribution is 5.96. The van der Waals surface area contributed by atoms with Gasteiger partial charge in [-0.2, -0.15) is 0 Å². The fraction of sp³-hybridized carbons (Fsp3) is 0.389. The van der Waals surface area contributed by atoms with Gasteiger partial charge in [-0.1, -0.05) is 24.3 Å². The molecule has 0 aromatic heterocycles. The summed E-state index contributed by atoms with van der Waals surface area (Å²) in [6.45, 7) is 3.95. The normalized spacial score (nSPS) is 18.4. The van der Waals surface area contributed by atoms with Crippen LogP contribution in [0.4, 0.5) is 11.4 Å². The van der Waals surface area contributed by atoms with Crippen molar-refractivity contribution in [3.63, 3.8) is 0 Å². The van der Waals surface area contributed by atoms with Crippen LogP contribution in [0.3, 0.4) is 0 Å². The van der Waals surface area contributed by atoms with Crippen LogP contribution in [0.1, 0.15) is 19.8 Å². The second-order valence-electron chi connectivity index (χ2n) is 5.79. The van der Waals surface area contributed by atoms with Crippen molar-refractivity contribution in [3.05, 3.63) is 36.4 Å². The molecule has 1 heterocycles. The lowest BCUT2D eigenvalue weighted by Crippen LogP contribution is -2.39. The second-order valence-corrected chi connectivity index (χ2v) is 5.79. The highest BCUT2D eigenvalue weighted by Crippen LogP contribution is 2.30. The first-order valence-electron chi connectivity index (χ1n) is 7.89. The number of ether oxygens (including phenoxy) is 1. The SMILES string of the molecule is CCOC(=O)[C@@H]1CCCN(c2cc(N)c3ccccc3c2)C1. The number of anilines is 2. The first-order chi connectivity index (χ1) is 10.7. The molecule has 0 radical (unpaired) electrons. The van der Waals surface area contributed by atoms with Gasteiger partial charge in [0.25, 0.3) is 0 Å². The Balaban J connectivity index is 1.85. The predicted molar refractivity (Wildman–Crippen MR) is 89.9 cm³/mol. The maximum atomic E-state index is 12.0. The number of nitrogens with zero attached hydrogens (tertiary/aromatic N) is 1. The number of hydrogen-bond donors (Lipinski definition) is 1. The molecule has 22 heavy (non-hydrogen) atoms. The van der Waals surface area contributed by atoms with E-state index in [0.717, 1.165) is 41.5 Å². The van der Waals surface area contributed by atoms with Crippen molar-refractivity contribution < 1.29 is 9.53 Å². The minimum atomic E-state index is -0.0824. The van der Waals surface area contributed by atoms with E-state index in [0.29, 0.717) is 13.2 Å². The molecule has 3 rings (SSSR count). The summed E-state index contributed by atoms with van der Waals surface area (Å²) < 4.78 is 5.17. The smallest absolute Gasteiger partial charge is 0.310 e. The molecule has 1 saturated heterocycles.